The lowest BCUT2D eigenvalue weighted by atomic mass is 9.93. The van der Waals surface area contributed by atoms with Gasteiger partial charge in [-0.25, -0.2) is 4.79 Å². The minimum absolute atomic E-state index is 0.0279. The van der Waals surface area contributed by atoms with Gasteiger partial charge in [0.25, 0.3) is 0 Å². The summed E-state index contributed by atoms with van der Waals surface area (Å²) in [5.74, 6) is 0.945. The predicted octanol–water partition coefficient (Wildman–Crippen LogP) is 1.71. The molecule has 1 aromatic heterocycles. The highest BCUT2D eigenvalue weighted by atomic mass is 16.3. The lowest BCUT2D eigenvalue weighted by Crippen LogP contribution is -2.40. The van der Waals surface area contributed by atoms with E-state index in [1.54, 1.807) is 0 Å². The van der Waals surface area contributed by atoms with Gasteiger partial charge in [-0.3, -0.25) is 4.98 Å². The number of aliphatic hydroxyl groups excluding tert-OH is 1. The van der Waals surface area contributed by atoms with Gasteiger partial charge in [-0.05, 0) is 43.7 Å². The highest BCUT2D eigenvalue weighted by molar-refractivity contribution is 5.74. The van der Waals surface area contributed by atoms with Crippen LogP contribution in [0.4, 0.5) is 10.5 Å². The van der Waals surface area contributed by atoms with Crippen LogP contribution >= 0.6 is 0 Å². The molecule has 0 aromatic carbocycles. The summed E-state index contributed by atoms with van der Waals surface area (Å²) in [6, 6.07) is 4.16. The summed E-state index contributed by atoms with van der Waals surface area (Å²) in [4.78, 5) is 20.4. The van der Waals surface area contributed by atoms with Crippen LogP contribution in [0, 0.1) is 11.8 Å². The number of rotatable bonds is 5. The van der Waals surface area contributed by atoms with Gasteiger partial charge in [-0.2, -0.15) is 0 Å². The summed E-state index contributed by atoms with van der Waals surface area (Å²) in [6.45, 7) is 4.53. The van der Waals surface area contributed by atoms with Crippen molar-refractivity contribution in [2.75, 3.05) is 44.2 Å². The maximum Gasteiger partial charge on any atom is 0.317 e. The molecular formula is C18H28N4O2. The number of hydrogen-bond donors (Lipinski definition) is 2. The number of aromatic nitrogens is 1. The monoisotopic (exact) mass is 332 g/mol. The molecule has 2 saturated heterocycles. The molecule has 6 nitrogen and oxygen atoms in total. The smallest absolute Gasteiger partial charge is 0.317 e. The number of anilines is 1. The molecule has 3 rings (SSSR count). The van der Waals surface area contributed by atoms with E-state index >= 15 is 0 Å². The number of piperidine rings is 1. The van der Waals surface area contributed by atoms with Crippen LogP contribution in [0.1, 0.15) is 25.7 Å². The molecule has 2 N–H and O–H groups in total. The summed E-state index contributed by atoms with van der Waals surface area (Å²) in [5.41, 5.74) is 1.25. The number of carbonyl (C=O) groups is 1. The van der Waals surface area contributed by atoms with Crippen molar-refractivity contribution in [2.24, 2.45) is 11.8 Å². The van der Waals surface area contributed by atoms with Crippen LogP contribution < -0.4 is 10.2 Å². The van der Waals surface area contributed by atoms with E-state index in [1.807, 2.05) is 17.3 Å². The third kappa shape index (κ3) is 4.38. The van der Waals surface area contributed by atoms with Gasteiger partial charge >= 0.3 is 6.03 Å². The lowest BCUT2D eigenvalue weighted by Gasteiger charge is -2.33. The summed E-state index contributed by atoms with van der Waals surface area (Å²) < 4.78 is 0. The Bertz CT molecular complexity index is 517. The van der Waals surface area contributed by atoms with Crippen molar-refractivity contribution >= 4 is 11.7 Å². The van der Waals surface area contributed by atoms with Crippen LogP contribution in [0.5, 0.6) is 0 Å². The van der Waals surface area contributed by atoms with Gasteiger partial charge in [0.15, 0.2) is 0 Å². The highest BCUT2D eigenvalue weighted by Gasteiger charge is 2.25. The number of aliphatic hydroxyl groups is 1. The molecule has 24 heavy (non-hydrogen) atoms. The van der Waals surface area contributed by atoms with Gasteiger partial charge < -0.3 is 20.2 Å². The topological polar surface area (TPSA) is 68.7 Å². The normalized spacial score (nSPS) is 22.0. The maximum atomic E-state index is 12.1. The van der Waals surface area contributed by atoms with Crippen LogP contribution in [-0.4, -0.2) is 60.4 Å². The Morgan fingerprint density at radius 3 is 2.54 bits per heavy atom. The second-order valence-electron chi connectivity index (χ2n) is 6.94. The van der Waals surface area contributed by atoms with Crippen LogP contribution in [0.15, 0.2) is 24.5 Å². The molecule has 132 valence electrons. The van der Waals surface area contributed by atoms with Crippen LogP contribution in [0.3, 0.4) is 0 Å². The average molecular weight is 332 g/mol. The number of carbonyl (C=O) groups excluding carboxylic acids is 1. The number of urea groups is 1. The average Bonchev–Trinajstić information content (AvgIpc) is 3.12. The number of pyridine rings is 1. The van der Waals surface area contributed by atoms with Gasteiger partial charge in [-0.1, -0.05) is 0 Å². The van der Waals surface area contributed by atoms with E-state index in [0.717, 1.165) is 39.0 Å². The Labute approximate surface area is 143 Å². The van der Waals surface area contributed by atoms with Crippen LogP contribution in [-0.2, 0) is 0 Å². The third-order valence-corrected chi connectivity index (χ3v) is 5.30. The van der Waals surface area contributed by atoms with Crippen molar-refractivity contribution in [1.82, 2.24) is 15.2 Å². The highest BCUT2D eigenvalue weighted by Crippen LogP contribution is 2.24. The van der Waals surface area contributed by atoms with Crippen LogP contribution in [0.25, 0.3) is 0 Å². The fourth-order valence-electron chi connectivity index (χ4n) is 3.70. The quantitative estimate of drug-likeness (QED) is 0.861. The predicted molar refractivity (Wildman–Crippen MR) is 94.0 cm³/mol. The molecular weight excluding hydrogens is 304 g/mol. The van der Waals surface area contributed by atoms with Crippen molar-refractivity contribution in [2.45, 2.75) is 25.7 Å². The largest absolute Gasteiger partial charge is 0.396 e. The fourth-order valence-corrected chi connectivity index (χ4v) is 3.70. The standard InChI is InChI=1S/C18H28N4O2/c23-14-16-6-12-22(13-16)18(24)20-9-1-15-4-10-21(11-5-15)17-2-7-19-8-3-17/h2-3,7-8,15-16,23H,1,4-6,9-14H2,(H,20,24). The third-order valence-electron chi connectivity index (χ3n) is 5.30. The Balaban J connectivity index is 1.33. The van der Waals surface area contributed by atoms with Crippen molar-refractivity contribution in [1.29, 1.82) is 0 Å². The second-order valence-corrected chi connectivity index (χ2v) is 6.94. The van der Waals surface area contributed by atoms with Crippen molar-refractivity contribution in [3.63, 3.8) is 0 Å². The Hall–Kier alpha value is -1.82. The molecule has 0 aliphatic carbocycles. The molecule has 6 heteroatoms. The van der Waals surface area contributed by atoms with Gasteiger partial charge in [0.05, 0.1) is 0 Å². The van der Waals surface area contributed by atoms with Gasteiger partial charge in [0, 0.05) is 63.3 Å². The Kier molecular flexibility index (Phi) is 5.91. The molecule has 1 unspecified atom stereocenters. The van der Waals surface area contributed by atoms with E-state index in [4.69, 9.17) is 5.11 Å². The zero-order chi connectivity index (χ0) is 16.8. The SMILES string of the molecule is O=C(NCCC1CCN(c2ccncc2)CC1)N1CCC(CO)C1. The lowest BCUT2D eigenvalue weighted by molar-refractivity contribution is 0.197. The summed E-state index contributed by atoms with van der Waals surface area (Å²) >= 11 is 0. The molecule has 2 amide bonds. The van der Waals surface area contributed by atoms with E-state index in [2.05, 4.69) is 27.3 Å². The number of amides is 2. The van der Waals surface area contributed by atoms with Crippen LogP contribution in [0.2, 0.25) is 0 Å². The molecule has 0 spiro atoms. The first kappa shape index (κ1) is 17.0. The number of nitrogens with one attached hydrogen (secondary N) is 1. The molecule has 1 atom stereocenters. The van der Waals surface area contributed by atoms with E-state index in [-0.39, 0.29) is 18.6 Å². The first-order valence-corrected chi connectivity index (χ1v) is 9.05. The van der Waals surface area contributed by atoms with Gasteiger partial charge in [0.1, 0.15) is 0 Å². The first-order chi connectivity index (χ1) is 11.8. The van der Waals surface area contributed by atoms with E-state index in [9.17, 15) is 4.79 Å². The minimum atomic E-state index is 0.0279. The summed E-state index contributed by atoms with van der Waals surface area (Å²) in [7, 11) is 0. The number of likely N-dealkylation sites (tertiary alicyclic amines) is 1. The summed E-state index contributed by atoms with van der Waals surface area (Å²) in [6.07, 6.45) is 8.00. The second kappa shape index (κ2) is 8.33. The van der Waals surface area contributed by atoms with Crippen molar-refractivity contribution in [3.05, 3.63) is 24.5 Å². The Morgan fingerprint density at radius 1 is 1.17 bits per heavy atom. The molecule has 2 aliphatic heterocycles. The Morgan fingerprint density at radius 2 is 1.88 bits per heavy atom. The van der Waals surface area contributed by atoms with E-state index in [1.165, 1.54) is 18.5 Å². The molecule has 0 radical (unpaired) electrons. The fraction of sp³-hybridized carbons (Fsp3) is 0.667. The molecule has 2 fully saturated rings. The summed E-state index contributed by atoms with van der Waals surface area (Å²) in [5, 5.41) is 12.2. The number of hydrogen-bond acceptors (Lipinski definition) is 4. The molecule has 0 saturated carbocycles. The maximum absolute atomic E-state index is 12.1. The van der Waals surface area contributed by atoms with Crippen molar-refractivity contribution in [3.8, 4) is 0 Å². The number of nitrogens with zero attached hydrogens (tertiary/aromatic N) is 3. The molecule has 3 heterocycles. The van der Waals surface area contributed by atoms with E-state index < -0.39 is 0 Å². The molecule has 1 aromatic rings. The van der Waals surface area contributed by atoms with Crippen molar-refractivity contribution < 1.29 is 9.90 Å². The first-order valence-electron chi connectivity index (χ1n) is 9.05. The molecule has 0 bridgehead atoms. The zero-order valence-electron chi connectivity index (χ0n) is 14.2. The minimum Gasteiger partial charge on any atom is -0.396 e. The van der Waals surface area contributed by atoms with Gasteiger partial charge in [-0.15, -0.1) is 0 Å². The molecule has 2 aliphatic rings. The van der Waals surface area contributed by atoms with Gasteiger partial charge in [0.2, 0.25) is 0 Å². The zero-order valence-corrected chi connectivity index (χ0v) is 14.2. The van der Waals surface area contributed by atoms with E-state index in [0.29, 0.717) is 12.5 Å².